The summed E-state index contributed by atoms with van der Waals surface area (Å²) in [4.78, 5) is 4.98. The fourth-order valence-corrected chi connectivity index (χ4v) is 5.85. The molecule has 4 heteroatoms. The van der Waals surface area contributed by atoms with Gasteiger partial charge in [-0.2, -0.15) is 0 Å². The van der Waals surface area contributed by atoms with Crippen molar-refractivity contribution in [3.63, 3.8) is 0 Å². The molecule has 0 unspecified atom stereocenters. The van der Waals surface area contributed by atoms with Crippen molar-refractivity contribution in [2.45, 2.75) is 6.92 Å². The van der Waals surface area contributed by atoms with E-state index in [1.54, 1.807) is 6.26 Å². The zero-order chi connectivity index (χ0) is 24.1. The molecule has 178 valence electrons. The van der Waals surface area contributed by atoms with Crippen molar-refractivity contribution in [3.8, 4) is 5.75 Å². The molecule has 7 rings (SSSR count). The zero-order valence-electron chi connectivity index (χ0n) is 20.4. The fraction of sp³-hybridized carbons (Fsp3) is 0.188. The maximum absolute atomic E-state index is 6.16. The summed E-state index contributed by atoms with van der Waals surface area (Å²) >= 11 is 0. The van der Waals surface area contributed by atoms with Crippen LogP contribution in [0.5, 0.6) is 5.75 Å². The normalized spacial score (nSPS) is 14.4. The summed E-state index contributed by atoms with van der Waals surface area (Å²) in [5.74, 6) is 0.877. The first-order chi connectivity index (χ1) is 17.8. The van der Waals surface area contributed by atoms with Crippen molar-refractivity contribution >= 4 is 54.7 Å². The first-order valence-electron chi connectivity index (χ1n) is 12.8. The Morgan fingerprint density at radius 2 is 1.42 bits per heavy atom. The smallest absolute Gasteiger partial charge is 0.145 e. The Hall–Kier alpha value is -4.18. The van der Waals surface area contributed by atoms with Gasteiger partial charge in [0, 0.05) is 49.0 Å². The van der Waals surface area contributed by atoms with Gasteiger partial charge in [-0.1, -0.05) is 42.5 Å². The lowest BCUT2D eigenvalue weighted by Crippen LogP contribution is -2.46. The van der Waals surface area contributed by atoms with Crippen molar-refractivity contribution in [1.29, 1.82) is 0 Å². The summed E-state index contributed by atoms with van der Waals surface area (Å²) in [5, 5.41) is 8.41. The van der Waals surface area contributed by atoms with E-state index in [1.165, 1.54) is 38.3 Å². The van der Waals surface area contributed by atoms with Crippen LogP contribution in [-0.4, -0.2) is 32.8 Å². The topological polar surface area (TPSA) is 28.9 Å². The van der Waals surface area contributed by atoms with Gasteiger partial charge in [-0.05, 0) is 70.3 Å². The third-order valence-corrected chi connectivity index (χ3v) is 7.53. The third-order valence-electron chi connectivity index (χ3n) is 7.53. The summed E-state index contributed by atoms with van der Waals surface area (Å²) in [5.41, 5.74) is 3.46. The lowest BCUT2D eigenvalue weighted by Gasteiger charge is -2.37. The van der Waals surface area contributed by atoms with Crippen LogP contribution in [0.25, 0.3) is 43.3 Å². The molecule has 1 aliphatic rings. The van der Waals surface area contributed by atoms with Crippen molar-refractivity contribution < 1.29 is 9.15 Å². The number of ether oxygens (including phenoxy) is 1. The van der Waals surface area contributed by atoms with Crippen molar-refractivity contribution in [3.05, 3.63) is 91.2 Å². The predicted octanol–water partition coefficient (Wildman–Crippen LogP) is 7.62. The number of anilines is 2. The molecule has 4 nitrogen and oxygen atoms in total. The van der Waals surface area contributed by atoms with E-state index in [-0.39, 0.29) is 0 Å². The highest BCUT2D eigenvalue weighted by Crippen LogP contribution is 2.44. The van der Waals surface area contributed by atoms with Gasteiger partial charge in [0.2, 0.25) is 0 Å². The number of fused-ring (bicyclic) bond motifs is 8. The van der Waals surface area contributed by atoms with Gasteiger partial charge in [-0.15, -0.1) is 0 Å². The Morgan fingerprint density at radius 3 is 2.22 bits per heavy atom. The molecule has 1 fully saturated rings. The van der Waals surface area contributed by atoms with E-state index in [0.717, 1.165) is 48.3 Å². The SMILES string of the molecule is CCOc1ccoc2c3ccc(N4CCN(c5ccccc5)CC4)cc3c3c4ccccc4cc3c12. The Balaban J connectivity index is 1.39. The summed E-state index contributed by atoms with van der Waals surface area (Å²) in [7, 11) is 0. The third kappa shape index (κ3) is 3.29. The zero-order valence-corrected chi connectivity index (χ0v) is 20.4. The van der Waals surface area contributed by atoms with E-state index in [9.17, 15) is 0 Å². The summed E-state index contributed by atoms with van der Waals surface area (Å²) in [6, 6.07) is 30.5. The fourth-order valence-electron chi connectivity index (χ4n) is 5.85. The van der Waals surface area contributed by atoms with E-state index in [4.69, 9.17) is 9.15 Å². The van der Waals surface area contributed by atoms with Gasteiger partial charge in [0.25, 0.3) is 0 Å². The van der Waals surface area contributed by atoms with Gasteiger partial charge in [-0.3, -0.25) is 0 Å². The van der Waals surface area contributed by atoms with E-state index >= 15 is 0 Å². The van der Waals surface area contributed by atoms with Gasteiger partial charge in [0.05, 0.1) is 18.3 Å². The van der Waals surface area contributed by atoms with Crippen LogP contribution >= 0.6 is 0 Å². The molecule has 36 heavy (non-hydrogen) atoms. The second-order valence-corrected chi connectivity index (χ2v) is 9.48. The minimum Gasteiger partial charge on any atom is -0.493 e. The number of hydrogen-bond acceptors (Lipinski definition) is 4. The first kappa shape index (κ1) is 21.1. The molecule has 0 saturated carbocycles. The van der Waals surface area contributed by atoms with Crippen LogP contribution in [0.1, 0.15) is 6.92 Å². The van der Waals surface area contributed by atoms with Crippen molar-refractivity contribution in [1.82, 2.24) is 0 Å². The van der Waals surface area contributed by atoms with Crippen LogP contribution in [0, 0.1) is 0 Å². The minimum atomic E-state index is 0.618. The van der Waals surface area contributed by atoms with E-state index in [0.29, 0.717) is 6.61 Å². The van der Waals surface area contributed by atoms with Crippen LogP contribution in [-0.2, 0) is 0 Å². The summed E-state index contributed by atoms with van der Waals surface area (Å²) in [6.45, 7) is 6.67. The largest absolute Gasteiger partial charge is 0.493 e. The second kappa shape index (κ2) is 8.49. The monoisotopic (exact) mass is 472 g/mol. The van der Waals surface area contributed by atoms with Crippen LogP contribution in [0.4, 0.5) is 11.4 Å². The van der Waals surface area contributed by atoms with Crippen LogP contribution in [0.2, 0.25) is 0 Å². The molecular formula is C32H28N2O2. The molecule has 5 aromatic carbocycles. The molecular weight excluding hydrogens is 444 g/mol. The highest BCUT2D eigenvalue weighted by Gasteiger charge is 2.21. The number of hydrogen-bond donors (Lipinski definition) is 0. The average molecular weight is 473 g/mol. The Kier molecular flexibility index (Phi) is 4.98. The van der Waals surface area contributed by atoms with Gasteiger partial charge in [0.15, 0.2) is 0 Å². The molecule has 2 heterocycles. The predicted molar refractivity (Wildman–Crippen MR) is 151 cm³/mol. The molecule has 1 aromatic heterocycles. The van der Waals surface area contributed by atoms with Crippen LogP contribution in [0.15, 0.2) is 95.6 Å². The molecule has 1 saturated heterocycles. The van der Waals surface area contributed by atoms with Crippen molar-refractivity contribution in [2.24, 2.45) is 0 Å². The lowest BCUT2D eigenvalue weighted by molar-refractivity contribution is 0.342. The number of benzene rings is 4. The number of rotatable bonds is 4. The number of piperazine rings is 1. The Labute approximate surface area is 210 Å². The molecule has 0 amide bonds. The minimum absolute atomic E-state index is 0.618. The lowest BCUT2D eigenvalue weighted by atomic mass is 9.98. The molecule has 6 aromatic rings. The van der Waals surface area contributed by atoms with Crippen LogP contribution < -0.4 is 14.5 Å². The maximum Gasteiger partial charge on any atom is 0.145 e. The molecule has 0 radical (unpaired) electrons. The molecule has 0 N–H and O–H groups in total. The highest BCUT2D eigenvalue weighted by atomic mass is 16.5. The molecule has 1 aliphatic heterocycles. The standard InChI is InChI=1S/C32H28N2O2/c1-2-35-29-14-19-36-32-26-13-12-24(34-17-15-33(16-18-34)23-9-4-3-5-10-23)21-27(26)30-25-11-7-6-8-22(25)20-28(30)31(29)32/h3-14,19-21H,2,15-18H2,1H3. The second-order valence-electron chi connectivity index (χ2n) is 9.48. The molecule has 0 bridgehead atoms. The van der Waals surface area contributed by atoms with Gasteiger partial charge in [0.1, 0.15) is 11.3 Å². The van der Waals surface area contributed by atoms with E-state index in [1.807, 2.05) is 13.0 Å². The van der Waals surface area contributed by atoms with Gasteiger partial charge >= 0.3 is 0 Å². The summed E-state index contributed by atoms with van der Waals surface area (Å²) < 4.78 is 12.2. The molecule has 0 spiro atoms. The Bertz CT molecular complexity index is 1710. The van der Waals surface area contributed by atoms with Crippen molar-refractivity contribution in [2.75, 3.05) is 42.6 Å². The van der Waals surface area contributed by atoms with E-state index in [2.05, 4.69) is 88.7 Å². The van der Waals surface area contributed by atoms with Gasteiger partial charge in [-0.25, -0.2) is 0 Å². The Morgan fingerprint density at radius 1 is 0.667 bits per heavy atom. The highest BCUT2D eigenvalue weighted by molar-refractivity contribution is 6.33. The first-order valence-corrected chi connectivity index (χ1v) is 12.8. The molecule has 0 aliphatic carbocycles. The van der Waals surface area contributed by atoms with Crippen LogP contribution in [0.3, 0.4) is 0 Å². The van der Waals surface area contributed by atoms with E-state index < -0.39 is 0 Å². The quantitative estimate of drug-likeness (QED) is 0.247. The van der Waals surface area contributed by atoms with Gasteiger partial charge < -0.3 is 19.0 Å². The molecule has 0 atom stereocenters. The number of para-hydroxylation sites is 1. The average Bonchev–Trinajstić information content (AvgIpc) is 3.33. The number of nitrogens with zero attached hydrogens (tertiary/aromatic N) is 2. The summed E-state index contributed by atoms with van der Waals surface area (Å²) in [6.07, 6.45) is 1.75. The maximum atomic E-state index is 6.16.